The van der Waals surface area contributed by atoms with Crippen molar-refractivity contribution in [2.75, 3.05) is 6.54 Å². The molecular weight excluding hydrogens is 302 g/mol. The summed E-state index contributed by atoms with van der Waals surface area (Å²) in [6, 6.07) is 7.76. The Morgan fingerprint density at radius 3 is 2.71 bits per heavy atom. The minimum atomic E-state index is -0.0224. The summed E-state index contributed by atoms with van der Waals surface area (Å²) in [5.74, 6) is 0.777. The molecule has 1 amide bonds. The van der Waals surface area contributed by atoms with E-state index < -0.39 is 0 Å². The Morgan fingerprint density at radius 2 is 2.10 bits per heavy atom. The maximum absolute atomic E-state index is 12.2. The van der Waals surface area contributed by atoms with Gasteiger partial charge < -0.3 is 4.74 Å². The highest BCUT2D eigenvalue weighted by molar-refractivity contribution is 8.26. The lowest BCUT2D eigenvalue weighted by Crippen LogP contribution is -2.27. The number of nitrogens with zero attached hydrogens (tertiary/aromatic N) is 1. The van der Waals surface area contributed by atoms with E-state index in [9.17, 15) is 4.79 Å². The predicted molar refractivity (Wildman–Crippen MR) is 92.4 cm³/mol. The zero-order chi connectivity index (χ0) is 15.4. The highest BCUT2D eigenvalue weighted by Gasteiger charge is 2.30. The van der Waals surface area contributed by atoms with Crippen LogP contribution in [0.3, 0.4) is 0 Å². The Hall–Kier alpha value is -1.33. The van der Waals surface area contributed by atoms with Crippen LogP contribution in [0.4, 0.5) is 0 Å². The van der Waals surface area contributed by atoms with E-state index in [1.54, 1.807) is 4.90 Å². The van der Waals surface area contributed by atoms with Gasteiger partial charge in [-0.15, -0.1) is 0 Å². The van der Waals surface area contributed by atoms with Crippen molar-refractivity contribution in [2.24, 2.45) is 0 Å². The number of thioether (sulfide) groups is 1. The van der Waals surface area contributed by atoms with Crippen LogP contribution < -0.4 is 4.74 Å². The number of rotatable bonds is 5. The second kappa shape index (κ2) is 7.09. The summed E-state index contributed by atoms with van der Waals surface area (Å²) in [6.07, 6.45) is 2.95. The summed E-state index contributed by atoms with van der Waals surface area (Å²) in [7, 11) is 0. The van der Waals surface area contributed by atoms with Crippen LogP contribution in [0.1, 0.15) is 32.8 Å². The number of carbonyl (C=O) groups is 1. The Bertz CT molecular complexity index is 583. The minimum absolute atomic E-state index is 0.0224. The van der Waals surface area contributed by atoms with Crippen molar-refractivity contribution < 1.29 is 9.53 Å². The molecule has 1 aromatic rings. The number of hydrogen-bond acceptors (Lipinski definition) is 4. The van der Waals surface area contributed by atoms with Gasteiger partial charge in [-0.2, -0.15) is 0 Å². The van der Waals surface area contributed by atoms with Gasteiger partial charge in [0, 0.05) is 12.1 Å². The molecule has 0 spiro atoms. The summed E-state index contributed by atoms with van der Waals surface area (Å²) >= 11 is 6.58. The Labute approximate surface area is 135 Å². The molecule has 5 heteroatoms. The molecule has 2 rings (SSSR count). The van der Waals surface area contributed by atoms with Crippen LogP contribution in [0.5, 0.6) is 5.75 Å². The fraction of sp³-hybridized carbons (Fsp3) is 0.375. The summed E-state index contributed by atoms with van der Waals surface area (Å²) in [5, 5.41) is 0. The molecule has 0 unspecified atom stereocenters. The molecule has 1 saturated heterocycles. The zero-order valence-electron chi connectivity index (χ0n) is 12.5. The number of likely N-dealkylation sites (N-methyl/N-ethyl adjacent to an activating group) is 1. The van der Waals surface area contributed by atoms with Crippen LogP contribution in [0.25, 0.3) is 6.08 Å². The molecule has 0 aromatic heterocycles. The summed E-state index contributed by atoms with van der Waals surface area (Å²) in [4.78, 5) is 14.5. The maximum Gasteiger partial charge on any atom is 0.266 e. The van der Waals surface area contributed by atoms with Crippen LogP contribution >= 0.6 is 24.0 Å². The summed E-state index contributed by atoms with van der Waals surface area (Å²) in [5.41, 5.74) is 0.911. The van der Waals surface area contributed by atoms with E-state index in [4.69, 9.17) is 17.0 Å². The van der Waals surface area contributed by atoms with Gasteiger partial charge in [0.05, 0.1) is 11.0 Å². The van der Waals surface area contributed by atoms with Crippen molar-refractivity contribution in [1.29, 1.82) is 0 Å². The first kappa shape index (κ1) is 16.0. The number of thiocarbonyl (C=S) groups is 1. The number of hydrogen-bond donors (Lipinski definition) is 0. The molecule has 112 valence electrons. The van der Waals surface area contributed by atoms with Gasteiger partial charge in [0.2, 0.25) is 0 Å². The Kier molecular flexibility index (Phi) is 5.42. The molecule has 0 radical (unpaired) electrons. The van der Waals surface area contributed by atoms with Gasteiger partial charge >= 0.3 is 0 Å². The van der Waals surface area contributed by atoms with E-state index >= 15 is 0 Å². The Balaban J connectivity index is 2.29. The first-order chi connectivity index (χ1) is 10.1. The third kappa shape index (κ3) is 3.66. The lowest BCUT2D eigenvalue weighted by Gasteiger charge is -2.14. The summed E-state index contributed by atoms with van der Waals surface area (Å²) in [6.45, 7) is 6.65. The normalized spacial score (nSPS) is 18.4. The van der Waals surface area contributed by atoms with Crippen molar-refractivity contribution in [1.82, 2.24) is 4.90 Å². The SMILES string of the molecule is CC[C@H](C)Oc1ccccc1/C=C1\SC(=S)N(CC)C1=O. The average molecular weight is 321 g/mol. The number of ether oxygens (including phenoxy) is 1. The standard InChI is InChI=1S/C16H19NO2S2/c1-4-11(3)19-13-9-7-6-8-12(13)10-14-15(18)17(5-2)16(20)21-14/h6-11H,4-5H2,1-3H3/b14-10-/t11-/m0/s1. The minimum Gasteiger partial charge on any atom is -0.490 e. The monoisotopic (exact) mass is 321 g/mol. The maximum atomic E-state index is 12.2. The quantitative estimate of drug-likeness (QED) is 0.603. The van der Waals surface area contributed by atoms with Crippen molar-refractivity contribution >= 4 is 40.3 Å². The van der Waals surface area contributed by atoms with Crippen LogP contribution in [-0.4, -0.2) is 27.8 Å². The van der Waals surface area contributed by atoms with E-state index in [-0.39, 0.29) is 12.0 Å². The molecule has 1 heterocycles. The van der Waals surface area contributed by atoms with Crippen molar-refractivity contribution in [3.8, 4) is 5.75 Å². The van der Waals surface area contributed by atoms with Crippen molar-refractivity contribution in [2.45, 2.75) is 33.3 Å². The molecule has 1 aliphatic heterocycles. The molecule has 21 heavy (non-hydrogen) atoms. The molecule has 1 aromatic carbocycles. The molecule has 1 fully saturated rings. The lowest BCUT2D eigenvalue weighted by molar-refractivity contribution is -0.121. The highest BCUT2D eigenvalue weighted by atomic mass is 32.2. The molecule has 3 nitrogen and oxygen atoms in total. The number of amides is 1. The van der Waals surface area contributed by atoms with E-state index in [2.05, 4.69) is 6.92 Å². The van der Waals surface area contributed by atoms with Gasteiger partial charge in [-0.1, -0.05) is 49.1 Å². The first-order valence-electron chi connectivity index (χ1n) is 7.07. The lowest BCUT2D eigenvalue weighted by atomic mass is 10.1. The van der Waals surface area contributed by atoms with Crippen LogP contribution in [-0.2, 0) is 4.79 Å². The zero-order valence-corrected chi connectivity index (χ0v) is 14.1. The predicted octanol–water partition coefficient (Wildman–Crippen LogP) is 4.09. The van der Waals surface area contributed by atoms with Gasteiger partial charge in [0.25, 0.3) is 5.91 Å². The molecule has 0 saturated carbocycles. The third-order valence-corrected chi connectivity index (χ3v) is 4.68. The second-order valence-electron chi connectivity index (χ2n) is 4.80. The third-order valence-electron chi connectivity index (χ3n) is 3.30. The van der Waals surface area contributed by atoms with E-state index in [1.165, 1.54) is 11.8 Å². The van der Waals surface area contributed by atoms with Crippen molar-refractivity contribution in [3.05, 3.63) is 34.7 Å². The molecular formula is C16H19NO2S2. The van der Waals surface area contributed by atoms with E-state index in [0.29, 0.717) is 15.8 Å². The average Bonchev–Trinajstić information content (AvgIpc) is 2.74. The number of para-hydroxylation sites is 1. The van der Waals surface area contributed by atoms with Gasteiger partial charge in [-0.05, 0) is 32.4 Å². The van der Waals surface area contributed by atoms with Crippen LogP contribution in [0.15, 0.2) is 29.2 Å². The van der Waals surface area contributed by atoms with Crippen LogP contribution in [0.2, 0.25) is 0 Å². The van der Waals surface area contributed by atoms with Gasteiger partial charge in [-0.3, -0.25) is 9.69 Å². The number of carbonyl (C=O) groups excluding carboxylic acids is 1. The fourth-order valence-corrected chi connectivity index (χ4v) is 3.30. The molecule has 0 N–H and O–H groups in total. The number of benzene rings is 1. The van der Waals surface area contributed by atoms with Crippen molar-refractivity contribution in [3.63, 3.8) is 0 Å². The van der Waals surface area contributed by atoms with Gasteiger partial charge in [0.1, 0.15) is 10.1 Å². The second-order valence-corrected chi connectivity index (χ2v) is 6.48. The van der Waals surface area contributed by atoms with Crippen LogP contribution in [0, 0.1) is 0 Å². The Morgan fingerprint density at radius 1 is 1.38 bits per heavy atom. The smallest absolute Gasteiger partial charge is 0.266 e. The molecule has 0 bridgehead atoms. The molecule has 0 aliphatic carbocycles. The summed E-state index contributed by atoms with van der Waals surface area (Å²) < 4.78 is 6.53. The first-order valence-corrected chi connectivity index (χ1v) is 8.30. The topological polar surface area (TPSA) is 29.5 Å². The van der Waals surface area contributed by atoms with Gasteiger partial charge in [0.15, 0.2) is 0 Å². The highest BCUT2D eigenvalue weighted by Crippen LogP contribution is 2.34. The largest absolute Gasteiger partial charge is 0.490 e. The molecule has 1 aliphatic rings. The van der Waals surface area contributed by atoms with E-state index in [1.807, 2.05) is 44.2 Å². The molecule has 1 atom stereocenters. The fourth-order valence-electron chi connectivity index (χ4n) is 1.92. The van der Waals surface area contributed by atoms with Gasteiger partial charge in [-0.25, -0.2) is 0 Å². The van der Waals surface area contributed by atoms with E-state index in [0.717, 1.165) is 17.7 Å².